The van der Waals surface area contributed by atoms with Gasteiger partial charge in [0.05, 0.1) is 11.6 Å². The summed E-state index contributed by atoms with van der Waals surface area (Å²) in [5.41, 5.74) is 0.532. The third-order valence-electron chi connectivity index (χ3n) is 6.71. The third-order valence-corrected chi connectivity index (χ3v) is 7.92. The van der Waals surface area contributed by atoms with Crippen molar-refractivity contribution in [3.05, 3.63) is 70.1 Å². The first-order valence-electron chi connectivity index (χ1n) is 11.3. The predicted octanol–water partition coefficient (Wildman–Crippen LogP) is 5.61. The van der Waals surface area contributed by atoms with Crippen molar-refractivity contribution in [2.24, 2.45) is 0 Å². The zero-order valence-electron chi connectivity index (χ0n) is 19.2. The number of aliphatic carboxylic acids is 1. The summed E-state index contributed by atoms with van der Waals surface area (Å²) in [7, 11) is 0. The van der Waals surface area contributed by atoms with E-state index in [1.165, 1.54) is 11.3 Å². The summed E-state index contributed by atoms with van der Waals surface area (Å²) in [6.07, 6.45) is 0.859. The molecule has 34 heavy (non-hydrogen) atoms. The number of amides is 2. The largest absolute Gasteiger partial charge is 0.481 e. The highest BCUT2D eigenvalue weighted by atomic mass is 35.5. The molecule has 0 saturated carbocycles. The van der Waals surface area contributed by atoms with E-state index in [1.54, 1.807) is 21.9 Å². The zero-order valence-corrected chi connectivity index (χ0v) is 20.7. The van der Waals surface area contributed by atoms with Gasteiger partial charge < -0.3 is 14.9 Å². The number of carbonyl (C=O) groups excluding carboxylic acids is 2. The molecule has 1 aliphatic rings. The number of likely N-dealkylation sites (tertiary alicyclic amines) is 1. The van der Waals surface area contributed by atoms with Crippen LogP contribution in [-0.4, -0.2) is 51.3 Å². The van der Waals surface area contributed by atoms with Crippen molar-refractivity contribution in [2.45, 2.75) is 44.7 Å². The minimum Gasteiger partial charge on any atom is -0.481 e. The molecule has 4 rings (SSSR count). The molecule has 0 spiro atoms. The summed E-state index contributed by atoms with van der Waals surface area (Å²) in [6.45, 7) is 4.52. The lowest BCUT2D eigenvalue weighted by atomic mass is 9.83. The van der Waals surface area contributed by atoms with Gasteiger partial charge in [0.15, 0.2) is 0 Å². The van der Waals surface area contributed by atoms with Crippen molar-refractivity contribution < 1.29 is 19.5 Å². The predicted molar refractivity (Wildman–Crippen MR) is 134 cm³/mol. The summed E-state index contributed by atoms with van der Waals surface area (Å²) in [4.78, 5) is 41.9. The summed E-state index contributed by atoms with van der Waals surface area (Å²) < 4.78 is 1.03. The van der Waals surface area contributed by atoms with E-state index in [2.05, 4.69) is 0 Å². The Morgan fingerprint density at radius 3 is 2.53 bits per heavy atom. The van der Waals surface area contributed by atoms with Gasteiger partial charge in [-0.05, 0) is 50.5 Å². The van der Waals surface area contributed by atoms with Crippen LogP contribution in [0.1, 0.15) is 55.1 Å². The molecule has 8 heteroatoms. The molecule has 2 heterocycles. The minimum absolute atomic E-state index is 0.0304. The Bertz CT molecular complexity index is 1230. The van der Waals surface area contributed by atoms with E-state index in [9.17, 15) is 14.4 Å². The van der Waals surface area contributed by atoms with Crippen molar-refractivity contribution in [1.82, 2.24) is 9.80 Å². The van der Waals surface area contributed by atoms with E-state index < -0.39 is 11.5 Å². The maximum atomic E-state index is 13.9. The third kappa shape index (κ3) is 4.55. The highest BCUT2D eigenvalue weighted by molar-refractivity contribution is 7.17. The number of hydrogen-bond acceptors (Lipinski definition) is 4. The van der Waals surface area contributed by atoms with Crippen LogP contribution in [0.15, 0.2) is 53.9 Å². The lowest BCUT2D eigenvalue weighted by Gasteiger charge is -2.51. The molecular weight excluding hydrogens is 472 g/mol. The Balaban J connectivity index is 1.60. The van der Waals surface area contributed by atoms with Crippen molar-refractivity contribution in [3.8, 4) is 0 Å². The van der Waals surface area contributed by atoms with Crippen LogP contribution in [0.4, 0.5) is 0 Å². The van der Waals surface area contributed by atoms with Crippen LogP contribution >= 0.6 is 22.9 Å². The molecule has 0 aliphatic carbocycles. The Labute approximate surface area is 207 Å². The van der Waals surface area contributed by atoms with E-state index in [1.807, 2.05) is 55.6 Å². The molecule has 178 valence electrons. The quantitative estimate of drug-likeness (QED) is 0.437. The van der Waals surface area contributed by atoms with Gasteiger partial charge in [-0.15, -0.1) is 11.3 Å². The smallest absolute Gasteiger partial charge is 0.303 e. The van der Waals surface area contributed by atoms with Gasteiger partial charge in [-0.2, -0.15) is 0 Å². The number of carboxylic acids is 1. The highest BCUT2D eigenvalue weighted by Gasteiger charge is 2.52. The van der Waals surface area contributed by atoms with Crippen molar-refractivity contribution >= 4 is 50.8 Å². The fraction of sp³-hybridized carbons (Fsp3) is 0.346. The molecule has 3 aromatic rings. The average Bonchev–Trinajstić information content (AvgIpc) is 3.24. The molecule has 6 nitrogen and oxygen atoms in total. The van der Waals surface area contributed by atoms with Crippen molar-refractivity contribution in [3.63, 3.8) is 0 Å². The molecule has 1 unspecified atom stereocenters. The van der Waals surface area contributed by atoms with Gasteiger partial charge in [0, 0.05) is 40.0 Å². The van der Waals surface area contributed by atoms with Crippen molar-refractivity contribution in [1.29, 1.82) is 0 Å². The molecule has 2 atom stereocenters. The van der Waals surface area contributed by atoms with Gasteiger partial charge in [0.2, 0.25) is 5.91 Å². The van der Waals surface area contributed by atoms with Crippen LogP contribution < -0.4 is 0 Å². The first kappa shape index (κ1) is 24.2. The molecule has 2 aromatic carbocycles. The van der Waals surface area contributed by atoms with Gasteiger partial charge in [-0.25, -0.2) is 0 Å². The van der Waals surface area contributed by atoms with Crippen LogP contribution in [0.5, 0.6) is 0 Å². The second-order valence-electron chi connectivity index (χ2n) is 8.85. The van der Waals surface area contributed by atoms with Gasteiger partial charge in [-0.1, -0.05) is 41.9 Å². The molecule has 1 aromatic heterocycles. The van der Waals surface area contributed by atoms with E-state index >= 15 is 0 Å². The Morgan fingerprint density at radius 2 is 1.88 bits per heavy atom. The lowest BCUT2D eigenvalue weighted by molar-refractivity contribution is -0.152. The molecule has 1 aliphatic heterocycles. The molecule has 1 saturated heterocycles. The molecule has 0 bridgehead atoms. The fourth-order valence-corrected chi connectivity index (χ4v) is 5.56. The number of benzene rings is 2. The molecule has 0 radical (unpaired) electrons. The number of carboxylic acid groups (broad SMARTS) is 1. The van der Waals surface area contributed by atoms with E-state index in [-0.39, 0.29) is 30.8 Å². The maximum Gasteiger partial charge on any atom is 0.303 e. The van der Waals surface area contributed by atoms with E-state index in [4.69, 9.17) is 16.7 Å². The number of nitrogens with zero attached hydrogens (tertiary/aromatic N) is 2. The van der Waals surface area contributed by atoms with Gasteiger partial charge in [0.25, 0.3) is 5.91 Å². The van der Waals surface area contributed by atoms with E-state index in [0.717, 1.165) is 15.6 Å². The maximum absolute atomic E-state index is 13.9. The molecular formula is C26H27ClN2O4S. The topological polar surface area (TPSA) is 77.9 Å². The number of thiophene rings is 1. The first-order chi connectivity index (χ1) is 16.2. The Morgan fingerprint density at radius 1 is 1.18 bits per heavy atom. The number of halogens is 1. The minimum atomic E-state index is -0.982. The summed E-state index contributed by atoms with van der Waals surface area (Å²) in [5.74, 6) is -1.22. The monoisotopic (exact) mass is 498 g/mol. The average molecular weight is 499 g/mol. The molecule has 1 N–H and O–H groups in total. The van der Waals surface area contributed by atoms with Crippen LogP contribution in [0.3, 0.4) is 0 Å². The second-order valence-corrected chi connectivity index (χ2v) is 10.2. The van der Waals surface area contributed by atoms with Crippen molar-refractivity contribution in [2.75, 3.05) is 13.1 Å². The van der Waals surface area contributed by atoms with Crippen LogP contribution in [0.25, 0.3) is 10.1 Å². The second kappa shape index (κ2) is 9.76. The molecule has 1 fully saturated rings. The van der Waals surface area contributed by atoms with Gasteiger partial charge in [-0.3, -0.25) is 14.4 Å². The summed E-state index contributed by atoms with van der Waals surface area (Å²) in [6, 6.07) is 14.7. The lowest BCUT2D eigenvalue weighted by Crippen LogP contribution is -2.68. The molecule has 2 amide bonds. The Hall–Kier alpha value is -2.90. The number of fused-ring (bicyclic) bond motifs is 1. The zero-order chi connectivity index (χ0) is 24.5. The number of rotatable bonds is 8. The van der Waals surface area contributed by atoms with Crippen LogP contribution in [0.2, 0.25) is 5.02 Å². The Kier molecular flexibility index (Phi) is 6.96. The number of hydrogen-bond donors (Lipinski definition) is 1. The van der Waals surface area contributed by atoms with Crippen LogP contribution in [0, 0.1) is 0 Å². The summed E-state index contributed by atoms with van der Waals surface area (Å²) >= 11 is 7.55. The standard InChI is InChI=1S/C26H27ClN2O4S/c1-17(18-9-11-19(27)12-10-18)28(14-5-8-23(30)31)25(33)26(2)13-15-29(26)24(32)21-16-34-22-7-4-3-6-20(21)22/h3-4,6-7,9-12,16-17H,5,8,13-15H2,1-2H3,(H,30,31)/t17-,26?/m0/s1. The fourth-order valence-electron chi connectivity index (χ4n) is 4.50. The van der Waals surface area contributed by atoms with Gasteiger partial charge >= 0.3 is 5.97 Å². The van der Waals surface area contributed by atoms with E-state index in [0.29, 0.717) is 30.0 Å². The number of carbonyl (C=O) groups is 3. The normalized spacial score (nSPS) is 18.4. The SMILES string of the molecule is C[C@@H](c1ccc(Cl)cc1)N(CCCC(=O)O)C(=O)C1(C)CCN1C(=O)c1csc2ccccc12. The van der Waals surface area contributed by atoms with Gasteiger partial charge in [0.1, 0.15) is 5.54 Å². The van der Waals surface area contributed by atoms with Crippen LogP contribution in [-0.2, 0) is 9.59 Å². The first-order valence-corrected chi connectivity index (χ1v) is 12.5. The highest BCUT2D eigenvalue weighted by Crippen LogP contribution is 2.38. The summed E-state index contributed by atoms with van der Waals surface area (Å²) in [5, 5.41) is 12.5.